The van der Waals surface area contributed by atoms with E-state index in [9.17, 15) is 0 Å². The molecule has 1 saturated heterocycles. The van der Waals surface area contributed by atoms with E-state index >= 15 is 0 Å². The molecular formula is C20H35N3O4. The van der Waals surface area contributed by atoms with Crippen LogP contribution in [0, 0.1) is 0 Å². The molecule has 1 aliphatic rings. The van der Waals surface area contributed by atoms with Crippen LogP contribution in [0.2, 0.25) is 0 Å². The normalized spacial score (nSPS) is 16.1. The monoisotopic (exact) mass is 381 g/mol. The highest BCUT2D eigenvalue weighted by atomic mass is 16.5. The lowest BCUT2D eigenvalue weighted by Gasteiger charge is -2.34. The third-order valence-corrected chi connectivity index (χ3v) is 4.46. The first kappa shape index (κ1) is 21.7. The van der Waals surface area contributed by atoms with Gasteiger partial charge in [0.1, 0.15) is 12.4 Å². The second-order valence-corrected chi connectivity index (χ2v) is 6.62. The molecule has 1 fully saturated rings. The van der Waals surface area contributed by atoms with Crippen LogP contribution in [0.15, 0.2) is 27.8 Å². The number of guanidine groups is 1. The zero-order valence-electron chi connectivity index (χ0n) is 16.8. The number of ether oxygens (including phenoxy) is 3. The molecule has 7 nitrogen and oxygen atoms in total. The van der Waals surface area contributed by atoms with Crippen LogP contribution in [0.4, 0.5) is 0 Å². The third kappa shape index (κ3) is 8.77. The van der Waals surface area contributed by atoms with Gasteiger partial charge in [-0.05, 0) is 44.7 Å². The van der Waals surface area contributed by atoms with E-state index in [1.807, 2.05) is 12.1 Å². The van der Waals surface area contributed by atoms with Gasteiger partial charge in [0.15, 0.2) is 5.96 Å². The first-order valence-corrected chi connectivity index (χ1v) is 10.1. The number of hydrogen-bond donors (Lipinski definition) is 1. The highest BCUT2D eigenvalue weighted by molar-refractivity contribution is 5.80. The van der Waals surface area contributed by atoms with E-state index in [-0.39, 0.29) is 0 Å². The van der Waals surface area contributed by atoms with Crippen LogP contribution in [0.5, 0.6) is 0 Å². The van der Waals surface area contributed by atoms with Crippen molar-refractivity contribution < 1.29 is 18.6 Å². The Kier molecular flexibility index (Phi) is 10.9. The minimum atomic E-state index is 0.357. The fourth-order valence-electron chi connectivity index (χ4n) is 3.03. The Morgan fingerprint density at radius 3 is 2.81 bits per heavy atom. The van der Waals surface area contributed by atoms with Gasteiger partial charge < -0.3 is 28.8 Å². The van der Waals surface area contributed by atoms with Gasteiger partial charge in [-0.15, -0.1) is 0 Å². The summed E-state index contributed by atoms with van der Waals surface area (Å²) < 4.78 is 21.9. The number of methoxy groups -OCH3 is 1. The minimum Gasteiger partial charge on any atom is -0.467 e. The number of nitrogens with one attached hydrogen (secondary N) is 1. The molecule has 1 aromatic heterocycles. The van der Waals surface area contributed by atoms with Gasteiger partial charge in [0.05, 0.1) is 12.4 Å². The van der Waals surface area contributed by atoms with Crippen molar-refractivity contribution in [1.82, 2.24) is 10.2 Å². The summed E-state index contributed by atoms with van der Waals surface area (Å²) in [5.74, 6) is 1.86. The SMILES string of the molecule is CCNC(=NCCCOCc1ccco1)N1CCC(OCCCOC)CC1. The Labute approximate surface area is 163 Å². The molecule has 1 N–H and O–H groups in total. The Bertz CT molecular complexity index is 499. The molecule has 0 saturated carbocycles. The van der Waals surface area contributed by atoms with Crippen LogP contribution in [0.3, 0.4) is 0 Å². The second kappa shape index (κ2) is 13.6. The van der Waals surface area contributed by atoms with Crippen molar-refractivity contribution >= 4 is 5.96 Å². The number of nitrogens with zero attached hydrogens (tertiary/aromatic N) is 2. The quantitative estimate of drug-likeness (QED) is 0.341. The Morgan fingerprint density at radius 1 is 1.26 bits per heavy atom. The van der Waals surface area contributed by atoms with E-state index in [1.54, 1.807) is 13.4 Å². The van der Waals surface area contributed by atoms with Crippen LogP contribution >= 0.6 is 0 Å². The zero-order valence-corrected chi connectivity index (χ0v) is 16.8. The minimum absolute atomic E-state index is 0.357. The fourth-order valence-corrected chi connectivity index (χ4v) is 3.03. The van der Waals surface area contributed by atoms with E-state index in [2.05, 4.69) is 17.1 Å². The Balaban J connectivity index is 1.62. The summed E-state index contributed by atoms with van der Waals surface area (Å²) >= 11 is 0. The lowest BCUT2D eigenvalue weighted by atomic mass is 10.1. The van der Waals surface area contributed by atoms with E-state index < -0.39 is 0 Å². The highest BCUT2D eigenvalue weighted by Crippen LogP contribution is 2.14. The second-order valence-electron chi connectivity index (χ2n) is 6.62. The van der Waals surface area contributed by atoms with Gasteiger partial charge in [0, 0.05) is 53.1 Å². The standard InChI is InChI=1S/C20H35N3O4/c1-3-21-20(22-10-5-14-25-17-19-7-4-15-27-19)23-11-8-18(9-12-23)26-16-6-13-24-2/h4,7,15,18H,3,5-6,8-14,16-17H2,1-2H3,(H,21,22). The van der Waals surface area contributed by atoms with Crippen LogP contribution in [-0.2, 0) is 20.8 Å². The Hall–Kier alpha value is -1.57. The summed E-state index contributed by atoms with van der Waals surface area (Å²) in [5.41, 5.74) is 0. The predicted molar refractivity (Wildman–Crippen MR) is 106 cm³/mol. The molecule has 0 spiro atoms. The molecule has 1 aromatic rings. The molecule has 1 aliphatic heterocycles. The van der Waals surface area contributed by atoms with E-state index in [1.165, 1.54) is 0 Å². The molecule has 0 unspecified atom stereocenters. The molecule has 0 amide bonds. The maximum atomic E-state index is 5.94. The first-order valence-electron chi connectivity index (χ1n) is 10.1. The number of hydrogen-bond acceptors (Lipinski definition) is 5. The smallest absolute Gasteiger partial charge is 0.193 e. The summed E-state index contributed by atoms with van der Waals surface area (Å²) in [6.07, 6.45) is 5.97. The van der Waals surface area contributed by atoms with Gasteiger partial charge in [0.2, 0.25) is 0 Å². The molecule has 0 atom stereocenters. The van der Waals surface area contributed by atoms with E-state index in [0.717, 1.165) is 76.8 Å². The lowest BCUT2D eigenvalue weighted by Crippen LogP contribution is -2.47. The van der Waals surface area contributed by atoms with Crippen molar-refractivity contribution in [1.29, 1.82) is 0 Å². The van der Waals surface area contributed by atoms with Gasteiger partial charge in [-0.3, -0.25) is 4.99 Å². The largest absolute Gasteiger partial charge is 0.467 e. The van der Waals surface area contributed by atoms with Crippen LogP contribution < -0.4 is 5.32 Å². The van der Waals surface area contributed by atoms with Gasteiger partial charge in [-0.1, -0.05) is 0 Å². The molecule has 7 heteroatoms. The molecule has 0 radical (unpaired) electrons. The van der Waals surface area contributed by atoms with Gasteiger partial charge in [0.25, 0.3) is 0 Å². The third-order valence-electron chi connectivity index (χ3n) is 4.46. The number of rotatable bonds is 12. The van der Waals surface area contributed by atoms with Crippen molar-refractivity contribution in [2.45, 2.75) is 45.3 Å². The molecule has 2 rings (SSSR count). The molecule has 154 valence electrons. The Morgan fingerprint density at radius 2 is 2.11 bits per heavy atom. The molecular weight excluding hydrogens is 346 g/mol. The van der Waals surface area contributed by atoms with Crippen molar-refractivity contribution in [3.63, 3.8) is 0 Å². The van der Waals surface area contributed by atoms with Crippen LogP contribution in [0.25, 0.3) is 0 Å². The number of furan rings is 1. The first-order chi connectivity index (χ1) is 13.3. The fraction of sp³-hybridized carbons (Fsp3) is 0.750. The zero-order chi connectivity index (χ0) is 19.2. The maximum absolute atomic E-state index is 5.94. The molecule has 27 heavy (non-hydrogen) atoms. The average Bonchev–Trinajstić information content (AvgIpc) is 3.21. The summed E-state index contributed by atoms with van der Waals surface area (Å²) in [6, 6.07) is 3.80. The molecule has 2 heterocycles. The van der Waals surface area contributed by atoms with E-state index in [4.69, 9.17) is 23.6 Å². The van der Waals surface area contributed by atoms with Crippen LogP contribution in [0.1, 0.15) is 38.4 Å². The van der Waals surface area contributed by atoms with Crippen LogP contribution in [-0.4, -0.2) is 70.1 Å². The highest BCUT2D eigenvalue weighted by Gasteiger charge is 2.21. The summed E-state index contributed by atoms with van der Waals surface area (Å²) in [7, 11) is 1.73. The summed E-state index contributed by atoms with van der Waals surface area (Å²) in [6.45, 7) is 8.45. The summed E-state index contributed by atoms with van der Waals surface area (Å²) in [4.78, 5) is 7.09. The van der Waals surface area contributed by atoms with Crippen molar-refractivity contribution in [2.24, 2.45) is 4.99 Å². The number of likely N-dealkylation sites (tertiary alicyclic amines) is 1. The van der Waals surface area contributed by atoms with E-state index in [0.29, 0.717) is 19.3 Å². The molecule has 0 aliphatic carbocycles. The maximum Gasteiger partial charge on any atom is 0.193 e. The topological polar surface area (TPSA) is 68.5 Å². The lowest BCUT2D eigenvalue weighted by molar-refractivity contribution is 0.00990. The van der Waals surface area contributed by atoms with Crippen molar-refractivity contribution in [3.05, 3.63) is 24.2 Å². The van der Waals surface area contributed by atoms with Gasteiger partial charge in [-0.2, -0.15) is 0 Å². The molecule has 0 aromatic carbocycles. The van der Waals surface area contributed by atoms with Crippen molar-refractivity contribution in [3.8, 4) is 0 Å². The van der Waals surface area contributed by atoms with Gasteiger partial charge >= 0.3 is 0 Å². The van der Waals surface area contributed by atoms with Gasteiger partial charge in [-0.25, -0.2) is 0 Å². The summed E-state index contributed by atoms with van der Waals surface area (Å²) in [5, 5.41) is 3.40. The van der Waals surface area contributed by atoms with Crippen molar-refractivity contribution in [2.75, 3.05) is 53.1 Å². The number of piperidine rings is 1. The number of aliphatic imine (C=N–C) groups is 1. The predicted octanol–water partition coefficient (Wildman–Crippen LogP) is 2.67. The average molecular weight is 382 g/mol. The molecule has 0 bridgehead atoms.